The van der Waals surface area contributed by atoms with Crippen LogP contribution in [0.25, 0.3) is 0 Å². The molecule has 0 aliphatic carbocycles. The normalized spacial score (nSPS) is 12.0. The predicted octanol–water partition coefficient (Wildman–Crippen LogP) is 3.55. The number of nitrogens with two attached hydrogens (primary N) is 1. The molecule has 0 fully saturated rings. The first-order valence-electron chi connectivity index (χ1n) is 7.71. The lowest BCUT2D eigenvalue weighted by Crippen LogP contribution is -2.15. The summed E-state index contributed by atoms with van der Waals surface area (Å²) >= 11 is 0. The maximum Gasteiger partial charge on any atom is 0.122 e. The Morgan fingerprint density at radius 3 is 2.50 bits per heavy atom. The molecule has 3 heteroatoms. The van der Waals surface area contributed by atoms with Gasteiger partial charge in [-0.3, -0.25) is 0 Å². The van der Waals surface area contributed by atoms with Gasteiger partial charge in [-0.05, 0) is 54.3 Å². The Labute approximate surface area is 133 Å². The molecule has 2 rings (SSSR count). The fourth-order valence-electron chi connectivity index (χ4n) is 2.75. The van der Waals surface area contributed by atoms with E-state index in [2.05, 4.69) is 31.2 Å². The lowest BCUT2D eigenvalue weighted by molar-refractivity contribution is 0.409. The molecule has 2 aromatic carbocycles. The minimum Gasteiger partial charge on any atom is -0.497 e. The zero-order chi connectivity index (χ0) is 15.9. The Kier molecular flexibility index (Phi) is 5.84. The van der Waals surface area contributed by atoms with Gasteiger partial charge < -0.3 is 15.2 Å². The molecule has 3 nitrogen and oxygen atoms in total. The molecule has 1 atom stereocenters. The minimum absolute atomic E-state index is 0.295. The fourth-order valence-corrected chi connectivity index (χ4v) is 2.75. The third-order valence-electron chi connectivity index (χ3n) is 4.06. The van der Waals surface area contributed by atoms with Gasteiger partial charge in [0.2, 0.25) is 0 Å². The van der Waals surface area contributed by atoms with Crippen molar-refractivity contribution in [2.45, 2.75) is 25.7 Å². The van der Waals surface area contributed by atoms with Crippen LogP contribution >= 0.6 is 0 Å². The molecule has 2 N–H and O–H groups in total. The highest BCUT2D eigenvalue weighted by Crippen LogP contribution is 2.27. The molecule has 0 heterocycles. The zero-order valence-corrected chi connectivity index (χ0v) is 13.6. The van der Waals surface area contributed by atoms with E-state index in [4.69, 9.17) is 15.2 Å². The number of benzene rings is 2. The van der Waals surface area contributed by atoms with Gasteiger partial charge >= 0.3 is 0 Å². The Balaban J connectivity index is 2.24. The molecule has 1 unspecified atom stereocenters. The second-order valence-corrected chi connectivity index (χ2v) is 5.41. The van der Waals surface area contributed by atoms with Crippen LogP contribution in [-0.2, 0) is 12.8 Å². The topological polar surface area (TPSA) is 44.5 Å². The lowest BCUT2D eigenvalue weighted by atomic mass is 9.90. The molecule has 0 aliphatic heterocycles. The van der Waals surface area contributed by atoms with E-state index in [0.29, 0.717) is 12.5 Å². The van der Waals surface area contributed by atoms with Crippen molar-refractivity contribution < 1.29 is 9.47 Å². The maximum absolute atomic E-state index is 6.02. The molecular formula is C19H25NO2. The van der Waals surface area contributed by atoms with Crippen molar-refractivity contribution in [3.05, 3.63) is 59.2 Å². The van der Waals surface area contributed by atoms with Crippen LogP contribution in [0.4, 0.5) is 0 Å². The molecule has 0 radical (unpaired) electrons. The van der Waals surface area contributed by atoms with E-state index in [1.807, 2.05) is 18.2 Å². The quantitative estimate of drug-likeness (QED) is 0.850. The summed E-state index contributed by atoms with van der Waals surface area (Å²) in [4.78, 5) is 0. The lowest BCUT2D eigenvalue weighted by Gasteiger charge is -2.18. The molecule has 0 bridgehead atoms. The molecule has 0 aromatic heterocycles. The first-order chi connectivity index (χ1) is 10.7. The number of ether oxygens (including phenoxy) is 2. The highest BCUT2D eigenvalue weighted by atomic mass is 16.5. The van der Waals surface area contributed by atoms with Gasteiger partial charge in [0.05, 0.1) is 14.2 Å². The summed E-state index contributed by atoms with van der Waals surface area (Å²) in [5.74, 6) is 2.13. The second-order valence-electron chi connectivity index (χ2n) is 5.41. The monoisotopic (exact) mass is 299 g/mol. The van der Waals surface area contributed by atoms with Gasteiger partial charge in [0.1, 0.15) is 11.5 Å². The Hall–Kier alpha value is -2.00. The molecule has 2 aromatic rings. The van der Waals surface area contributed by atoms with Crippen molar-refractivity contribution in [3.8, 4) is 11.5 Å². The highest BCUT2D eigenvalue weighted by Gasteiger charge is 2.13. The van der Waals surface area contributed by atoms with Gasteiger partial charge in [0.15, 0.2) is 0 Å². The largest absolute Gasteiger partial charge is 0.497 e. The standard InChI is InChI=1S/C19H25NO2/c1-4-15-12-16(8-9-19(15)22-3)17(13-20)10-14-6-5-7-18(11-14)21-2/h5-9,11-12,17H,4,10,13,20H2,1-3H3. The summed E-state index contributed by atoms with van der Waals surface area (Å²) in [5.41, 5.74) is 9.75. The van der Waals surface area contributed by atoms with E-state index in [1.165, 1.54) is 16.7 Å². The van der Waals surface area contributed by atoms with Gasteiger partial charge in [-0.2, -0.15) is 0 Å². The first-order valence-corrected chi connectivity index (χ1v) is 7.71. The fraction of sp³-hybridized carbons (Fsp3) is 0.368. The Bertz CT molecular complexity index is 610. The van der Waals surface area contributed by atoms with Crippen LogP contribution in [0.15, 0.2) is 42.5 Å². The van der Waals surface area contributed by atoms with Crippen molar-refractivity contribution >= 4 is 0 Å². The van der Waals surface area contributed by atoms with Crippen molar-refractivity contribution in [2.24, 2.45) is 5.73 Å². The molecule has 118 valence electrons. The van der Waals surface area contributed by atoms with Crippen LogP contribution in [0.3, 0.4) is 0 Å². The Morgan fingerprint density at radius 2 is 1.86 bits per heavy atom. The van der Waals surface area contributed by atoms with Crippen LogP contribution < -0.4 is 15.2 Å². The van der Waals surface area contributed by atoms with Crippen molar-refractivity contribution in [3.63, 3.8) is 0 Å². The third kappa shape index (κ3) is 3.80. The molecule has 0 saturated heterocycles. The van der Waals surface area contributed by atoms with E-state index in [9.17, 15) is 0 Å². The molecule has 0 spiro atoms. The van der Waals surface area contributed by atoms with Gasteiger partial charge in [0.25, 0.3) is 0 Å². The van der Waals surface area contributed by atoms with E-state index in [1.54, 1.807) is 14.2 Å². The predicted molar refractivity (Wildman–Crippen MR) is 90.9 cm³/mol. The van der Waals surface area contributed by atoms with Gasteiger partial charge in [-0.25, -0.2) is 0 Å². The maximum atomic E-state index is 6.02. The van der Waals surface area contributed by atoms with Gasteiger partial charge in [0, 0.05) is 5.92 Å². The minimum atomic E-state index is 0.295. The zero-order valence-electron chi connectivity index (χ0n) is 13.6. The number of aryl methyl sites for hydroxylation is 1. The summed E-state index contributed by atoms with van der Waals surface area (Å²) in [6.45, 7) is 2.76. The van der Waals surface area contributed by atoms with Crippen LogP contribution in [0.1, 0.15) is 29.5 Å². The molecule has 0 aliphatic rings. The average Bonchev–Trinajstić information content (AvgIpc) is 2.59. The van der Waals surface area contributed by atoms with Crippen LogP contribution in [-0.4, -0.2) is 20.8 Å². The second kappa shape index (κ2) is 7.85. The van der Waals surface area contributed by atoms with Crippen LogP contribution in [0.5, 0.6) is 11.5 Å². The number of rotatable bonds is 7. The van der Waals surface area contributed by atoms with E-state index in [-0.39, 0.29) is 0 Å². The number of hydrogen-bond donors (Lipinski definition) is 1. The molecular weight excluding hydrogens is 274 g/mol. The Morgan fingerprint density at radius 1 is 1.05 bits per heavy atom. The van der Waals surface area contributed by atoms with Crippen molar-refractivity contribution in [1.29, 1.82) is 0 Å². The summed E-state index contributed by atoms with van der Waals surface area (Å²) in [6.07, 6.45) is 1.86. The molecule has 22 heavy (non-hydrogen) atoms. The smallest absolute Gasteiger partial charge is 0.122 e. The van der Waals surface area contributed by atoms with E-state index >= 15 is 0 Å². The highest BCUT2D eigenvalue weighted by molar-refractivity contribution is 5.39. The number of hydrogen-bond acceptors (Lipinski definition) is 3. The summed E-state index contributed by atoms with van der Waals surface area (Å²) in [5, 5.41) is 0. The van der Waals surface area contributed by atoms with Crippen LogP contribution in [0, 0.1) is 0 Å². The SMILES string of the molecule is CCc1cc(C(CN)Cc2cccc(OC)c2)ccc1OC. The van der Waals surface area contributed by atoms with Crippen molar-refractivity contribution in [1.82, 2.24) is 0 Å². The number of methoxy groups -OCH3 is 2. The van der Waals surface area contributed by atoms with Crippen molar-refractivity contribution in [2.75, 3.05) is 20.8 Å². The third-order valence-corrected chi connectivity index (χ3v) is 4.06. The molecule has 0 saturated carbocycles. The average molecular weight is 299 g/mol. The van der Waals surface area contributed by atoms with Gasteiger partial charge in [-0.1, -0.05) is 31.2 Å². The molecule has 0 amide bonds. The summed E-state index contributed by atoms with van der Waals surface area (Å²) in [6, 6.07) is 14.6. The van der Waals surface area contributed by atoms with Gasteiger partial charge in [-0.15, -0.1) is 0 Å². The van der Waals surface area contributed by atoms with E-state index < -0.39 is 0 Å². The summed E-state index contributed by atoms with van der Waals surface area (Å²) < 4.78 is 10.7. The first kappa shape index (κ1) is 16.4. The van der Waals surface area contributed by atoms with E-state index in [0.717, 1.165) is 24.3 Å². The summed E-state index contributed by atoms with van der Waals surface area (Å²) in [7, 11) is 3.40. The van der Waals surface area contributed by atoms with Crippen LogP contribution in [0.2, 0.25) is 0 Å².